The van der Waals surface area contributed by atoms with Crippen LogP contribution in [0.25, 0.3) is 0 Å². The summed E-state index contributed by atoms with van der Waals surface area (Å²) >= 11 is 0. The lowest BCUT2D eigenvalue weighted by Crippen LogP contribution is -2.35. The van der Waals surface area contributed by atoms with Gasteiger partial charge in [0.2, 0.25) is 5.91 Å². The number of nitrogens with zero attached hydrogens (tertiary/aromatic N) is 1. The molecule has 0 atom stereocenters. The van der Waals surface area contributed by atoms with Crippen LogP contribution in [-0.4, -0.2) is 12.5 Å². The van der Waals surface area contributed by atoms with Crippen molar-refractivity contribution < 1.29 is 4.79 Å². The normalized spacial score (nSPS) is 16.6. The number of carbonyl (C=O) groups excluding carboxylic acids is 1. The Morgan fingerprint density at radius 3 is 2.81 bits per heavy atom. The molecule has 0 saturated carbocycles. The van der Waals surface area contributed by atoms with Crippen LogP contribution in [0.3, 0.4) is 0 Å². The molecule has 1 heterocycles. The molecule has 2 N–H and O–H groups in total. The molecule has 1 fully saturated rings. The van der Waals surface area contributed by atoms with E-state index in [0.29, 0.717) is 13.0 Å². The predicted molar refractivity (Wildman–Crippen MR) is 65.3 cm³/mol. The van der Waals surface area contributed by atoms with E-state index in [1.165, 1.54) is 5.56 Å². The zero-order valence-electron chi connectivity index (χ0n) is 9.70. The number of rotatable bonds is 2. The van der Waals surface area contributed by atoms with E-state index in [1.54, 1.807) is 0 Å². The van der Waals surface area contributed by atoms with Gasteiger partial charge in [0.1, 0.15) is 0 Å². The predicted octanol–water partition coefficient (Wildman–Crippen LogP) is 1.97. The van der Waals surface area contributed by atoms with Crippen LogP contribution in [0, 0.1) is 6.92 Å². The van der Waals surface area contributed by atoms with E-state index in [2.05, 4.69) is 6.07 Å². The maximum atomic E-state index is 11.8. The van der Waals surface area contributed by atoms with Crippen molar-refractivity contribution in [3.05, 3.63) is 29.3 Å². The number of hydrogen-bond acceptors (Lipinski definition) is 2. The van der Waals surface area contributed by atoms with Crippen molar-refractivity contribution in [1.82, 2.24) is 0 Å². The average Bonchev–Trinajstić information content (AvgIpc) is 2.29. The third-order valence-corrected chi connectivity index (χ3v) is 3.18. The lowest BCUT2D eigenvalue weighted by molar-refractivity contribution is -0.119. The molecule has 1 aromatic carbocycles. The number of hydrogen-bond donors (Lipinski definition) is 1. The number of amides is 1. The summed E-state index contributed by atoms with van der Waals surface area (Å²) in [5.41, 5.74) is 8.95. The summed E-state index contributed by atoms with van der Waals surface area (Å²) in [7, 11) is 0. The van der Waals surface area contributed by atoms with Gasteiger partial charge in [-0.25, -0.2) is 0 Å². The fourth-order valence-electron chi connectivity index (χ4n) is 2.16. The smallest absolute Gasteiger partial charge is 0.226 e. The minimum atomic E-state index is 0.242. The summed E-state index contributed by atoms with van der Waals surface area (Å²) < 4.78 is 0. The van der Waals surface area contributed by atoms with Crippen molar-refractivity contribution in [2.75, 3.05) is 11.4 Å². The molecule has 16 heavy (non-hydrogen) atoms. The lowest BCUT2D eigenvalue weighted by Gasteiger charge is -2.27. The molecule has 2 rings (SSSR count). The number of carbonyl (C=O) groups is 1. The molecule has 0 spiro atoms. The molecule has 0 aliphatic carbocycles. The molecule has 1 saturated heterocycles. The fourth-order valence-corrected chi connectivity index (χ4v) is 2.16. The van der Waals surface area contributed by atoms with Gasteiger partial charge in [0.25, 0.3) is 0 Å². The third-order valence-electron chi connectivity index (χ3n) is 3.18. The molecule has 86 valence electrons. The average molecular weight is 218 g/mol. The van der Waals surface area contributed by atoms with Crippen LogP contribution in [0.1, 0.15) is 30.4 Å². The molecule has 0 bridgehead atoms. The second-order valence-corrected chi connectivity index (χ2v) is 4.32. The molecular weight excluding hydrogens is 200 g/mol. The minimum absolute atomic E-state index is 0.242. The van der Waals surface area contributed by atoms with E-state index in [1.807, 2.05) is 24.0 Å². The zero-order valence-corrected chi connectivity index (χ0v) is 9.70. The topological polar surface area (TPSA) is 46.3 Å². The van der Waals surface area contributed by atoms with E-state index >= 15 is 0 Å². The summed E-state index contributed by atoms with van der Waals surface area (Å²) in [5, 5.41) is 0. The molecular formula is C13H18N2O. The van der Waals surface area contributed by atoms with Crippen LogP contribution in [0.4, 0.5) is 5.69 Å². The van der Waals surface area contributed by atoms with Crippen LogP contribution in [-0.2, 0) is 11.3 Å². The first-order chi connectivity index (χ1) is 7.72. The summed E-state index contributed by atoms with van der Waals surface area (Å²) in [5.74, 6) is 0.242. The second-order valence-electron chi connectivity index (χ2n) is 4.32. The van der Waals surface area contributed by atoms with Gasteiger partial charge >= 0.3 is 0 Å². The monoisotopic (exact) mass is 218 g/mol. The first-order valence-electron chi connectivity index (χ1n) is 5.82. The van der Waals surface area contributed by atoms with Crippen molar-refractivity contribution in [1.29, 1.82) is 0 Å². The Balaban J connectivity index is 2.26. The minimum Gasteiger partial charge on any atom is -0.326 e. The second kappa shape index (κ2) is 4.66. The van der Waals surface area contributed by atoms with Gasteiger partial charge < -0.3 is 10.6 Å². The Hall–Kier alpha value is -1.35. The lowest BCUT2D eigenvalue weighted by atomic mass is 10.1. The molecule has 1 aromatic rings. The van der Waals surface area contributed by atoms with Gasteiger partial charge in [-0.1, -0.05) is 6.07 Å². The Morgan fingerprint density at radius 1 is 1.38 bits per heavy atom. The SMILES string of the molecule is Cc1cc(N2CCCCC2=O)ccc1CN. The molecule has 0 aromatic heterocycles. The summed E-state index contributed by atoms with van der Waals surface area (Å²) in [6.45, 7) is 3.44. The van der Waals surface area contributed by atoms with Crippen LogP contribution < -0.4 is 10.6 Å². The molecule has 3 heteroatoms. The van der Waals surface area contributed by atoms with Gasteiger partial charge in [0, 0.05) is 25.2 Å². The highest BCUT2D eigenvalue weighted by Gasteiger charge is 2.19. The molecule has 1 aliphatic rings. The van der Waals surface area contributed by atoms with Crippen molar-refractivity contribution >= 4 is 11.6 Å². The van der Waals surface area contributed by atoms with E-state index in [-0.39, 0.29) is 5.91 Å². The van der Waals surface area contributed by atoms with E-state index in [0.717, 1.165) is 30.6 Å². The maximum Gasteiger partial charge on any atom is 0.226 e. The van der Waals surface area contributed by atoms with Crippen LogP contribution in [0.15, 0.2) is 18.2 Å². The van der Waals surface area contributed by atoms with Crippen molar-refractivity contribution in [3.8, 4) is 0 Å². The summed E-state index contributed by atoms with van der Waals surface area (Å²) in [6, 6.07) is 6.08. The highest BCUT2D eigenvalue weighted by molar-refractivity contribution is 5.94. The summed E-state index contributed by atoms with van der Waals surface area (Å²) in [6.07, 6.45) is 2.80. The van der Waals surface area contributed by atoms with Crippen LogP contribution in [0.2, 0.25) is 0 Å². The Kier molecular flexibility index (Phi) is 3.25. The largest absolute Gasteiger partial charge is 0.326 e. The number of nitrogens with two attached hydrogens (primary N) is 1. The van der Waals surface area contributed by atoms with Crippen molar-refractivity contribution in [2.45, 2.75) is 32.7 Å². The standard InChI is InChI=1S/C13H18N2O/c1-10-8-12(6-5-11(10)9-14)15-7-3-2-4-13(15)16/h5-6,8H,2-4,7,9,14H2,1H3. The van der Waals surface area contributed by atoms with E-state index in [9.17, 15) is 4.79 Å². The number of aryl methyl sites for hydroxylation is 1. The molecule has 0 radical (unpaired) electrons. The number of piperidine rings is 1. The Bertz CT molecular complexity index is 401. The Morgan fingerprint density at radius 2 is 2.19 bits per heavy atom. The molecule has 0 unspecified atom stereocenters. The van der Waals surface area contributed by atoms with Crippen LogP contribution >= 0.6 is 0 Å². The molecule has 3 nitrogen and oxygen atoms in total. The highest BCUT2D eigenvalue weighted by Crippen LogP contribution is 2.23. The third kappa shape index (κ3) is 2.09. The van der Waals surface area contributed by atoms with Gasteiger partial charge in [0.15, 0.2) is 0 Å². The number of benzene rings is 1. The maximum absolute atomic E-state index is 11.8. The van der Waals surface area contributed by atoms with Gasteiger partial charge in [-0.15, -0.1) is 0 Å². The molecule has 1 amide bonds. The quantitative estimate of drug-likeness (QED) is 0.825. The van der Waals surface area contributed by atoms with Gasteiger partial charge in [0.05, 0.1) is 0 Å². The first kappa shape index (κ1) is 11.1. The highest BCUT2D eigenvalue weighted by atomic mass is 16.2. The van der Waals surface area contributed by atoms with Crippen molar-refractivity contribution in [3.63, 3.8) is 0 Å². The Labute approximate surface area is 96.2 Å². The van der Waals surface area contributed by atoms with Gasteiger partial charge in [-0.2, -0.15) is 0 Å². The van der Waals surface area contributed by atoms with E-state index in [4.69, 9.17) is 5.73 Å². The number of anilines is 1. The fraction of sp³-hybridized carbons (Fsp3) is 0.462. The van der Waals surface area contributed by atoms with Gasteiger partial charge in [-0.05, 0) is 43.0 Å². The summed E-state index contributed by atoms with van der Waals surface area (Å²) in [4.78, 5) is 13.6. The van der Waals surface area contributed by atoms with Crippen LogP contribution in [0.5, 0.6) is 0 Å². The first-order valence-corrected chi connectivity index (χ1v) is 5.82. The molecule has 1 aliphatic heterocycles. The van der Waals surface area contributed by atoms with Gasteiger partial charge in [-0.3, -0.25) is 4.79 Å². The van der Waals surface area contributed by atoms with E-state index < -0.39 is 0 Å². The van der Waals surface area contributed by atoms with Crippen molar-refractivity contribution in [2.24, 2.45) is 5.73 Å². The zero-order chi connectivity index (χ0) is 11.5.